The van der Waals surface area contributed by atoms with Crippen LogP contribution < -0.4 is 0 Å². The molecule has 5 heavy (non-hydrogen) atoms. The third-order valence-corrected chi connectivity index (χ3v) is 2.79. The van der Waals surface area contributed by atoms with E-state index in [-0.39, 0.29) is 0 Å². The topological polar surface area (TPSA) is 0 Å². The van der Waals surface area contributed by atoms with Crippen molar-refractivity contribution in [2.45, 2.75) is 17.1 Å². The molecule has 0 aromatic rings. The molecule has 1 saturated heterocycles. The third-order valence-electron chi connectivity index (χ3n) is 0.702. The average molecular weight is 134 g/mol. The minimum absolute atomic E-state index is 1.01. The summed E-state index contributed by atoms with van der Waals surface area (Å²) in [7, 11) is 0. The van der Waals surface area contributed by atoms with Gasteiger partial charge in [0.2, 0.25) is 0 Å². The van der Waals surface area contributed by atoms with Crippen molar-refractivity contribution < 1.29 is 0 Å². The summed E-state index contributed by atoms with van der Waals surface area (Å²) in [5, 5.41) is 2.94. The van der Waals surface area contributed by atoms with Crippen molar-refractivity contribution in [3.8, 4) is 0 Å². The molecule has 1 radical (unpaired) electrons. The fourth-order valence-electron chi connectivity index (χ4n) is 0.417. The fraction of sp³-hybridized carbons (Fsp3) is 0.750. The van der Waals surface area contributed by atoms with Crippen LogP contribution in [0.5, 0.6) is 0 Å². The van der Waals surface area contributed by atoms with Crippen LogP contribution in [0.2, 0.25) is 10.6 Å². The molecule has 0 nitrogen and oxygen atoms in total. The van der Waals surface area contributed by atoms with Crippen molar-refractivity contribution >= 4 is 15.0 Å². The van der Waals surface area contributed by atoms with Gasteiger partial charge in [-0.1, -0.05) is 0 Å². The van der Waals surface area contributed by atoms with Gasteiger partial charge in [-0.05, 0) is 0 Å². The average Bonchev–Trinajstić information content (AvgIpc) is 1.76. The van der Waals surface area contributed by atoms with E-state index in [0.717, 1.165) is 15.0 Å². The zero-order valence-corrected chi connectivity index (χ0v) is 4.82. The quantitative estimate of drug-likeness (QED) is 0.436. The van der Waals surface area contributed by atoms with E-state index in [9.17, 15) is 0 Å². The van der Waals surface area contributed by atoms with Crippen molar-refractivity contribution in [3.05, 3.63) is 6.42 Å². The van der Waals surface area contributed by atoms with E-state index in [4.69, 9.17) is 0 Å². The van der Waals surface area contributed by atoms with Crippen molar-refractivity contribution in [2.75, 3.05) is 0 Å². The summed E-state index contributed by atoms with van der Waals surface area (Å²) in [5.74, 6) is 0. The standard InChI is InChI=1S/C4H7Se/c1-2-4-5-3-1/h1H,2-4H2. The fourth-order valence-corrected chi connectivity index (χ4v) is 2.17. The van der Waals surface area contributed by atoms with E-state index >= 15 is 0 Å². The van der Waals surface area contributed by atoms with Crippen molar-refractivity contribution in [2.24, 2.45) is 0 Å². The Bertz CT molecular complexity index is 15.2. The molecular formula is C4H7Se. The molecule has 29 valence electrons. The third kappa shape index (κ3) is 0.942. The van der Waals surface area contributed by atoms with Gasteiger partial charge in [-0.15, -0.1) is 0 Å². The predicted molar refractivity (Wildman–Crippen MR) is 24.3 cm³/mol. The Morgan fingerprint density at radius 2 is 2.60 bits per heavy atom. The molecule has 1 rings (SSSR count). The Labute approximate surface area is 39.1 Å². The van der Waals surface area contributed by atoms with E-state index in [1.165, 1.54) is 17.1 Å². The zero-order valence-electron chi connectivity index (χ0n) is 3.11. The van der Waals surface area contributed by atoms with Gasteiger partial charge in [0, 0.05) is 0 Å². The van der Waals surface area contributed by atoms with Crippen LogP contribution >= 0.6 is 0 Å². The first-order valence-corrected chi connectivity index (χ1v) is 4.32. The second kappa shape index (κ2) is 1.84. The molecule has 0 spiro atoms. The SMILES string of the molecule is [CH]1CC[Se]C1. The van der Waals surface area contributed by atoms with Gasteiger partial charge in [-0.2, -0.15) is 0 Å². The summed E-state index contributed by atoms with van der Waals surface area (Å²) in [6.45, 7) is 0. The molecule has 0 amide bonds. The van der Waals surface area contributed by atoms with E-state index in [1.54, 1.807) is 0 Å². The number of rotatable bonds is 0. The summed E-state index contributed by atoms with van der Waals surface area (Å²) >= 11 is 1.01. The molecule has 0 aromatic heterocycles. The Morgan fingerprint density at radius 1 is 1.60 bits per heavy atom. The summed E-state index contributed by atoms with van der Waals surface area (Å²) in [6, 6.07) is 0. The van der Waals surface area contributed by atoms with E-state index in [1.807, 2.05) is 0 Å². The molecule has 1 fully saturated rings. The predicted octanol–water partition coefficient (Wildman–Crippen LogP) is 1.14. The minimum atomic E-state index is 1.01. The second-order valence-electron chi connectivity index (χ2n) is 1.15. The van der Waals surface area contributed by atoms with Crippen molar-refractivity contribution in [1.29, 1.82) is 0 Å². The van der Waals surface area contributed by atoms with Crippen LogP contribution in [0.25, 0.3) is 0 Å². The molecule has 0 saturated carbocycles. The van der Waals surface area contributed by atoms with Gasteiger partial charge in [-0.3, -0.25) is 0 Å². The molecule has 1 heteroatoms. The van der Waals surface area contributed by atoms with Gasteiger partial charge < -0.3 is 0 Å². The van der Waals surface area contributed by atoms with Crippen LogP contribution in [0.4, 0.5) is 0 Å². The maximum absolute atomic E-state index is 2.39. The van der Waals surface area contributed by atoms with Crippen LogP contribution in [-0.4, -0.2) is 15.0 Å². The molecule has 1 aliphatic heterocycles. The van der Waals surface area contributed by atoms with Gasteiger partial charge >= 0.3 is 38.4 Å². The molecular weight excluding hydrogens is 127 g/mol. The Kier molecular flexibility index (Phi) is 1.36. The second-order valence-corrected chi connectivity index (χ2v) is 3.56. The zero-order chi connectivity index (χ0) is 3.54. The summed E-state index contributed by atoms with van der Waals surface area (Å²) in [6.07, 6.45) is 3.79. The monoisotopic (exact) mass is 135 g/mol. The van der Waals surface area contributed by atoms with Crippen molar-refractivity contribution in [3.63, 3.8) is 0 Å². The van der Waals surface area contributed by atoms with Gasteiger partial charge in [0.1, 0.15) is 0 Å². The molecule has 0 N–H and O–H groups in total. The van der Waals surface area contributed by atoms with Gasteiger partial charge in [0.25, 0.3) is 0 Å². The summed E-state index contributed by atoms with van der Waals surface area (Å²) < 4.78 is 0. The summed E-state index contributed by atoms with van der Waals surface area (Å²) in [4.78, 5) is 0. The van der Waals surface area contributed by atoms with Gasteiger partial charge in [-0.25, -0.2) is 0 Å². The normalized spacial score (nSPS) is 24.0. The molecule has 1 heterocycles. The summed E-state index contributed by atoms with van der Waals surface area (Å²) in [5.41, 5.74) is 0. The Hall–Kier alpha value is 0.519. The first-order chi connectivity index (χ1) is 2.50. The first kappa shape index (κ1) is 3.70. The van der Waals surface area contributed by atoms with Gasteiger partial charge in [0.05, 0.1) is 0 Å². The van der Waals surface area contributed by atoms with Gasteiger partial charge in [0.15, 0.2) is 0 Å². The van der Waals surface area contributed by atoms with Crippen LogP contribution in [0.1, 0.15) is 6.42 Å². The van der Waals surface area contributed by atoms with Crippen LogP contribution in [0.3, 0.4) is 0 Å². The maximum atomic E-state index is 2.39. The van der Waals surface area contributed by atoms with Crippen LogP contribution in [-0.2, 0) is 0 Å². The number of hydrogen-bond donors (Lipinski definition) is 0. The molecule has 1 aliphatic rings. The Morgan fingerprint density at radius 3 is 2.80 bits per heavy atom. The van der Waals surface area contributed by atoms with E-state index < -0.39 is 0 Å². The van der Waals surface area contributed by atoms with Crippen molar-refractivity contribution in [1.82, 2.24) is 0 Å². The van der Waals surface area contributed by atoms with Crippen LogP contribution in [0.15, 0.2) is 0 Å². The van der Waals surface area contributed by atoms with E-state index in [2.05, 4.69) is 6.42 Å². The molecule has 0 aromatic carbocycles. The van der Waals surface area contributed by atoms with Crippen LogP contribution in [0, 0.1) is 6.42 Å². The van der Waals surface area contributed by atoms with E-state index in [0.29, 0.717) is 0 Å². The molecule has 0 bridgehead atoms. The number of hydrogen-bond acceptors (Lipinski definition) is 0. The molecule has 0 aliphatic carbocycles. The first-order valence-electron chi connectivity index (χ1n) is 1.89. The molecule has 0 atom stereocenters. The Balaban J connectivity index is 2.08. The molecule has 0 unspecified atom stereocenters.